The van der Waals surface area contributed by atoms with E-state index in [4.69, 9.17) is 0 Å². The van der Waals surface area contributed by atoms with Crippen molar-refractivity contribution in [2.75, 3.05) is 18.0 Å². The summed E-state index contributed by atoms with van der Waals surface area (Å²) in [7, 11) is 0. The molecule has 2 N–H and O–H groups in total. The van der Waals surface area contributed by atoms with Crippen LogP contribution in [-0.2, 0) is 4.79 Å². The summed E-state index contributed by atoms with van der Waals surface area (Å²) in [4.78, 5) is 48.9. The van der Waals surface area contributed by atoms with Crippen molar-refractivity contribution in [2.24, 2.45) is 5.10 Å². The summed E-state index contributed by atoms with van der Waals surface area (Å²) < 4.78 is 0. The van der Waals surface area contributed by atoms with Crippen molar-refractivity contribution >= 4 is 41.2 Å². The van der Waals surface area contributed by atoms with Crippen LogP contribution >= 0.6 is 0 Å². The molecule has 39 heavy (non-hydrogen) atoms. The molecule has 0 aliphatic rings. The molecule has 0 aromatic heterocycles. The van der Waals surface area contributed by atoms with Gasteiger partial charge in [-0.2, -0.15) is 5.10 Å². The number of non-ortho nitro benzene ring substituents is 1. The molecule has 0 atom stereocenters. The van der Waals surface area contributed by atoms with Crippen LogP contribution in [0, 0.1) is 20.2 Å². The highest BCUT2D eigenvalue weighted by atomic mass is 16.6. The SMILES string of the molecule is CCN(CC)c1ccc(C=C(NC(=O)c2ccc([N+](=O)[O-])cc2)C(=O)NN=Cc2ccccc2[N+](=O)[O-])cc1. The molecule has 0 aliphatic carbocycles. The van der Waals surface area contributed by atoms with Gasteiger partial charge in [-0.25, -0.2) is 5.43 Å². The molecule has 200 valence electrons. The highest BCUT2D eigenvalue weighted by molar-refractivity contribution is 6.05. The molecule has 0 unspecified atom stereocenters. The second kappa shape index (κ2) is 13.2. The van der Waals surface area contributed by atoms with Crippen LogP contribution in [0.15, 0.2) is 83.6 Å². The normalized spacial score (nSPS) is 11.2. The number of nitro benzene ring substituents is 2. The monoisotopic (exact) mass is 530 g/mol. The van der Waals surface area contributed by atoms with E-state index in [1.165, 1.54) is 48.5 Å². The Morgan fingerprint density at radius 2 is 1.54 bits per heavy atom. The molecule has 12 heteroatoms. The van der Waals surface area contributed by atoms with Crippen LogP contribution in [0.4, 0.5) is 17.1 Å². The van der Waals surface area contributed by atoms with E-state index in [2.05, 4.69) is 20.7 Å². The summed E-state index contributed by atoms with van der Waals surface area (Å²) in [6.45, 7) is 5.72. The van der Waals surface area contributed by atoms with E-state index in [1.54, 1.807) is 18.2 Å². The number of hydrogen-bond donors (Lipinski definition) is 2. The molecule has 0 fully saturated rings. The number of hydrogen-bond acceptors (Lipinski definition) is 8. The Bertz CT molecular complexity index is 1410. The molecular formula is C27H26N6O6. The van der Waals surface area contributed by atoms with Crippen LogP contribution in [0.2, 0.25) is 0 Å². The van der Waals surface area contributed by atoms with Gasteiger partial charge in [-0.05, 0) is 55.8 Å². The zero-order valence-corrected chi connectivity index (χ0v) is 21.2. The summed E-state index contributed by atoms with van der Waals surface area (Å²) in [5.74, 6) is -1.46. The maximum atomic E-state index is 13.0. The van der Waals surface area contributed by atoms with Gasteiger partial charge in [0.05, 0.1) is 21.6 Å². The predicted octanol–water partition coefficient (Wildman–Crippen LogP) is 4.27. The molecule has 0 aliphatic heterocycles. The van der Waals surface area contributed by atoms with Crippen molar-refractivity contribution in [3.8, 4) is 0 Å². The van der Waals surface area contributed by atoms with Crippen molar-refractivity contribution < 1.29 is 19.4 Å². The zero-order chi connectivity index (χ0) is 28.4. The molecule has 12 nitrogen and oxygen atoms in total. The van der Waals surface area contributed by atoms with Crippen LogP contribution in [-0.4, -0.2) is 41.0 Å². The van der Waals surface area contributed by atoms with Crippen molar-refractivity contribution in [3.05, 3.63) is 115 Å². The summed E-state index contributed by atoms with van der Waals surface area (Å²) in [6.07, 6.45) is 2.58. The van der Waals surface area contributed by atoms with E-state index in [9.17, 15) is 29.8 Å². The first-order valence-corrected chi connectivity index (χ1v) is 11.9. The van der Waals surface area contributed by atoms with E-state index >= 15 is 0 Å². The van der Waals surface area contributed by atoms with Crippen molar-refractivity contribution in [1.29, 1.82) is 0 Å². The Morgan fingerprint density at radius 3 is 2.13 bits per heavy atom. The Balaban J connectivity index is 1.87. The Labute approximate surface area is 223 Å². The second-order valence-electron chi connectivity index (χ2n) is 8.09. The number of nitrogens with zero attached hydrogens (tertiary/aromatic N) is 4. The number of hydrazone groups is 1. The van der Waals surface area contributed by atoms with Crippen molar-refractivity contribution in [2.45, 2.75) is 13.8 Å². The first kappa shape index (κ1) is 28.2. The van der Waals surface area contributed by atoms with E-state index in [1.807, 2.05) is 26.0 Å². The summed E-state index contributed by atoms with van der Waals surface area (Å²) in [5, 5.41) is 28.4. The summed E-state index contributed by atoms with van der Waals surface area (Å²) in [5.41, 5.74) is 3.62. The molecule has 3 aromatic carbocycles. The van der Waals surface area contributed by atoms with Crippen LogP contribution in [0.25, 0.3) is 6.08 Å². The highest BCUT2D eigenvalue weighted by Crippen LogP contribution is 2.18. The van der Waals surface area contributed by atoms with Crippen LogP contribution in [0.1, 0.15) is 35.3 Å². The van der Waals surface area contributed by atoms with E-state index in [0.717, 1.165) is 25.0 Å². The number of carbonyl (C=O) groups is 2. The highest BCUT2D eigenvalue weighted by Gasteiger charge is 2.16. The average molecular weight is 531 g/mol. The summed E-state index contributed by atoms with van der Waals surface area (Å²) >= 11 is 0. The predicted molar refractivity (Wildman–Crippen MR) is 147 cm³/mol. The van der Waals surface area contributed by atoms with Gasteiger partial charge in [0, 0.05) is 42.5 Å². The molecular weight excluding hydrogens is 504 g/mol. The zero-order valence-electron chi connectivity index (χ0n) is 21.2. The number of benzene rings is 3. The third-order valence-corrected chi connectivity index (χ3v) is 5.67. The topological polar surface area (TPSA) is 160 Å². The van der Waals surface area contributed by atoms with Gasteiger partial charge >= 0.3 is 0 Å². The van der Waals surface area contributed by atoms with Gasteiger partial charge in [-0.1, -0.05) is 24.3 Å². The summed E-state index contributed by atoms with van der Waals surface area (Å²) in [6, 6.07) is 18.1. The molecule has 3 aromatic rings. The van der Waals surface area contributed by atoms with Gasteiger partial charge in [0.25, 0.3) is 23.2 Å². The third kappa shape index (κ3) is 7.55. The van der Waals surface area contributed by atoms with E-state index < -0.39 is 21.7 Å². The van der Waals surface area contributed by atoms with Crippen LogP contribution in [0.5, 0.6) is 0 Å². The van der Waals surface area contributed by atoms with Gasteiger partial charge in [-0.15, -0.1) is 0 Å². The lowest BCUT2D eigenvalue weighted by atomic mass is 10.1. The van der Waals surface area contributed by atoms with Gasteiger partial charge in [0.2, 0.25) is 0 Å². The number of rotatable bonds is 11. The fraction of sp³-hybridized carbons (Fsp3) is 0.148. The average Bonchev–Trinajstić information content (AvgIpc) is 2.94. The van der Waals surface area contributed by atoms with Crippen molar-refractivity contribution in [1.82, 2.24) is 10.7 Å². The lowest BCUT2D eigenvalue weighted by Crippen LogP contribution is -2.32. The fourth-order valence-corrected chi connectivity index (χ4v) is 3.61. The second-order valence-corrected chi connectivity index (χ2v) is 8.09. The molecule has 0 radical (unpaired) electrons. The first-order chi connectivity index (χ1) is 18.7. The fourth-order valence-electron chi connectivity index (χ4n) is 3.61. The minimum Gasteiger partial charge on any atom is -0.372 e. The van der Waals surface area contributed by atoms with Crippen LogP contribution in [0.3, 0.4) is 0 Å². The Morgan fingerprint density at radius 1 is 0.897 bits per heavy atom. The third-order valence-electron chi connectivity index (χ3n) is 5.67. The lowest BCUT2D eigenvalue weighted by molar-refractivity contribution is -0.385. The molecule has 2 amide bonds. The standard InChI is InChI=1S/C27H26N6O6/c1-3-31(4-2)22-13-9-19(10-14-22)17-24(29-26(34)20-11-15-23(16-12-20)32(36)37)27(35)30-28-18-21-7-5-6-8-25(21)33(38)39/h5-18H,3-4H2,1-2H3,(H,29,34)(H,30,35). The smallest absolute Gasteiger partial charge is 0.287 e. The maximum Gasteiger partial charge on any atom is 0.287 e. The van der Waals surface area contributed by atoms with Crippen LogP contribution < -0.4 is 15.6 Å². The number of carbonyl (C=O) groups excluding carboxylic acids is 2. The first-order valence-electron chi connectivity index (χ1n) is 11.9. The molecule has 0 bridgehead atoms. The van der Waals surface area contributed by atoms with Gasteiger partial charge < -0.3 is 10.2 Å². The van der Waals surface area contributed by atoms with E-state index in [-0.39, 0.29) is 28.2 Å². The Kier molecular flexibility index (Phi) is 9.57. The van der Waals surface area contributed by atoms with Gasteiger partial charge in [0.15, 0.2) is 0 Å². The number of para-hydroxylation sites is 1. The van der Waals surface area contributed by atoms with Gasteiger partial charge in [-0.3, -0.25) is 29.8 Å². The molecule has 0 spiro atoms. The lowest BCUT2D eigenvalue weighted by Gasteiger charge is -2.20. The molecule has 0 heterocycles. The number of nitro groups is 2. The van der Waals surface area contributed by atoms with Crippen molar-refractivity contribution in [3.63, 3.8) is 0 Å². The largest absolute Gasteiger partial charge is 0.372 e. The van der Waals surface area contributed by atoms with E-state index in [0.29, 0.717) is 5.56 Å². The Hall–Kier alpha value is -5.39. The maximum absolute atomic E-state index is 13.0. The minimum absolute atomic E-state index is 0.0968. The van der Waals surface area contributed by atoms with Gasteiger partial charge in [0.1, 0.15) is 5.70 Å². The number of amides is 2. The molecule has 3 rings (SSSR count). The molecule has 0 saturated carbocycles. The quantitative estimate of drug-likeness (QED) is 0.162. The molecule has 0 saturated heterocycles. The number of nitrogens with one attached hydrogen (secondary N) is 2. The minimum atomic E-state index is -0.784. The number of anilines is 1.